The Morgan fingerprint density at radius 1 is 1.32 bits per heavy atom. The number of thiazole rings is 1. The zero-order chi connectivity index (χ0) is 13.3. The Kier molecular flexibility index (Phi) is 3.12. The van der Waals surface area contributed by atoms with E-state index >= 15 is 0 Å². The first kappa shape index (κ1) is 12.4. The number of nitriles is 1. The van der Waals surface area contributed by atoms with Crippen molar-refractivity contribution in [1.82, 2.24) is 4.98 Å². The Balaban J connectivity index is 1.78. The molecule has 2 aromatic rings. The molecule has 1 saturated carbocycles. The number of hydrogen-bond acceptors (Lipinski definition) is 3. The fraction of sp³-hybridized carbons (Fsp3) is 0.375. The van der Waals surface area contributed by atoms with Crippen LogP contribution in [0.2, 0.25) is 0 Å². The quantitative estimate of drug-likeness (QED) is 0.832. The van der Waals surface area contributed by atoms with Gasteiger partial charge in [-0.15, -0.1) is 11.3 Å². The van der Waals surface area contributed by atoms with E-state index in [1.165, 1.54) is 11.1 Å². The third-order valence-corrected chi connectivity index (χ3v) is 4.64. The van der Waals surface area contributed by atoms with Gasteiger partial charge < -0.3 is 0 Å². The highest BCUT2D eigenvalue weighted by atomic mass is 32.1. The van der Waals surface area contributed by atoms with Crippen molar-refractivity contribution in [2.24, 2.45) is 5.41 Å². The van der Waals surface area contributed by atoms with Crippen molar-refractivity contribution in [3.05, 3.63) is 40.2 Å². The molecule has 1 fully saturated rings. The van der Waals surface area contributed by atoms with Crippen LogP contribution in [0.1, 0.15) is 30.3 Å². The number of benzene rings is 1. The normalized spacial score (nSPS) is 16.0. The molecule has 0 amide bonds. The average Bonchev–Trinajstić information content (AvgIpc) is 3.08. The molecule has 3 rings (SSSR count). The van der Waals surface area contributed by atoms with Crippen LogP contribution in [0.5, 0.6) is 0 Å². The summed E-state index contributed by atoms with van der Waals surface area (Å²) < 4.78 is 0. The van der Waals surface area contributed by atoms with Crippen LogP contribution in [-0.4, -0.2) is 4.98 Å². The minimum atomic E-state index is -0.0960. The molecular formula is C16H16N2S. The van der Waals surface area contributed by atoms with Gasteiger partial charge in [-0.05, 0) is 24.8 Å². The van der Waals surface area contributed by atoms with Crippen molar-refractivity contribution in [3.63, 3.8) is 0 Å². The molecule has 1 heterocycles. The van der Waals surface area contributed by atoms with E-state index in [0.29, 0.717) is 0 Å². The van der Waals surface area contributed by atoms with Crippen LogP contribution < -0.4 is 0 Å². The van der Waals surface area contributed by atoms with Crippen LogP contribution in [0.25, 0.3) is 11.3 Å². The first-order chi connectivity index (χ1) is 9.24. The van der Waals surface area contributed by atoms with E-state index in [0.717, 1.165) is 36.4 Å². The smallest absolute Gasteiger partial charge is 0.0948 e. The molecule has 0 radical (unpaired) electrons. The highest BCUT2D eigenvalue weighted by Gasteiger charge is 2.43. The minimum Gasteiger partial charge on any atom is -0.241 e. The lowest BCUT2D eigenvalue weighted by Gasteiger charge is -2.01. The summed E-state index contributed by atoms with van der Waals surface area (Å²) in [6.45, 7) is 2.16. The van der Waals surface area contributed by atoms with Gasteiger partial charge in [-0.25, -0.2) is 4.98 Å². The molecule has 0 atom stereocenters. The average molecular weight is 268 g/mol. The second-order valence-electron chi connectivity index (χ2n) is 5.25. The fourth-order valence-corrected chi connectivity index (χ4v) is 3.15. The van der Waals surface area contributed by atoms with Gasteiger partial charge in [0.05, 0.1) is 22.2 Å². The van der Waals surface area contributed by atoms with Crippen LogP contribution in [-0.2, 0) is 12.8 Å². The molecule has 0 N–H and O–H groups in total. The van der Waals surface area contributed by atoms with Gasteiger partial charge in [0.1, 0.15) is 0 Å². The van der Waals surface area contributed by atoms with Gasteiger partial charge in [0.15, 0.2) is 0 Å². The highest BCUT2D eigenvalue weighted by molar-refractivity contribution is 7.09. The Bertz CT molecular complexity index is 615. The zero-order valence-corrected chi connectivity index (χ0v) is 11.8. The molecule has 1 aromatic heterocycles. The molecule has 96 valence electrons. The molecular weight excluding hydrogens is 252 g/mol. The molecule has 2 nitrogen and oxygen atoms in total. The van der Waals surface area contributed by atoms with Crippen LogP contribution in [0.3, 0.4) is 0 Å². The van der Waals surface area contributed by atoms with E-state index in [2.05, 4.69) is 47.6 Å². The molecule has 0 saturated heterocycles. The Labute approximate surface area is 117 Å². The standard InChI is InChI=1S/C16H16N2S/c1-2-12-3-5-13(6-4-12)14-10-19-15(18-14)9-16(11-17)7-8-16/h3-6,10H,2,7-9H2,1H3. The SMILES string of the molecule is CCc1ccc(-c2csc(CC3(C#N)CC3)n2)cc1. The van der Waals surface area contributed by atoms with Gasteiger partial charge in [0, 0.05) is 17.4 Å². The third kappa shape index (κ3) is 2.54. The first-order valence-electron chi connectivity index (χ1n) is 6.70. The Hall–Kier alpha value is -1.66. The maximum Gasteiger partial charge on any atom is 0.0948 e. The van der Waals surface area contributed by atoms with Crippen molar-refractivity contribution < 1.29 is 0 Å². The van der Waals surface area contributed by atoms with Crippen LogP contribution in [0.4, 0.5) is 0 Å². The van der Waals surface area contributed by atoms with E-state index in [-0.39, 0.29) is 5.41 Å². The second kappa shape index (κ2) is 4.79. The van der Waals surface area contributed by atoms with E-state index in [9.17, 15) is 0 Å². The zero-order valence-electron chi connectivity index (χ0n) is 11.0. The predicted octanol–water partition coefficient (Wildman–Crippen LogP) is 4.22. The number of hydrogen-bond donors (Lipinski definition) is 0. The molecule has 0 spiro atoms. The van der Waals surface area contributed by atoms with Crippen molar-refractivity contribution in [3.8, 4) is 17.3 Å². The summed E-state index contributed by atoms with van der Waals surface area (Å²) >= 11 is 1.67. The summed E-state index contributed by atoms with van der Waals surface area (Å²) in [5.41, 5.74) is 3.46. The maximum absolute atomic E-state index is 9.13. The van der Waals surface area contributed by atoms with Crippen molar-refractivity contribution in [2.45, 2.75) is 32.6 Å². The summed E-state index contributed by atoms with van der Waals surface area (Å²) in [7, 11) is 0. The molecule has 3 heteroatoms. The molecule has 1 aliphatic carbocycles. The van der Waals surface area contributed by atoms with Gasteiger partial charge in [0.2, 0.25) is 0 Å². The van der Waals surface area contributed by atoms with Crippen molar-refractivity contribution in [1.29, 1.82) is 5.26 Å². The Morgan fingerprint density at radius 2 is 2.05 bits per heavy atom. The highest BCUT2D eigenvalue weighted by Crippen LogP contribution is 2.48. The van der Waals surface area contributed by atoms with Gasteiger partial charge in [-0.3, -0.25) is 0 Å². The number of aromatic nitrogens is 1. The van der Waals surface area contributed by atoms with E-state index < -0.39 is 0 Å². The van der Waals surface area contributed by atoms with Crippen molar-refractivity contribution in [2.75, 3.05) is 0 Å². The largest absolute Gasteiger partial charge is 0.241 e. The summed E-state index contributed by atoms with van der Waals surface area (Å²) in [5, 5.41) is 12.3. The lowest BCUT2D eigenvalue weighted by atomic mass is 10.1. The van der Waals surface area contributed by atoms with Gasteiger partial charge >= 0.3 is 0 Å². The second-order valence-corrected chi connectivity index (χ2v) is 6.19. The number of nitrogens with zero attached hydrogens (tertiary/aromatic N) is 2. The van der Waals surface area contributed by atoms with Gasteiger partial charge in [-0.1, -0.05) is 31.2 Å². The minimum absolute atomic E-state index is 0.0960. The summed E-state index contributed by atoms with van der Waals surface area (Å²) in [4.78, 5) is 4.68. The fourth-order valence-electron chi connectivity index (χ4n) is 2.20. The lowest BCUT2D eigenvalue weighted by Crippen LogP contribution is -2.00. The van der Waals surface area contributed by atoms with Crippen LogP contribution in [0, 0.1) is 16.7 Å². The van der Waals surface area contributed by atoms with Crippen molar-refractivity contribution >= 4 is 11.3 Å². The summed E-state index contributed by atoms with van der Waals surface area (Å²) in [5.74, 6) is 0. The number of aryl methyl sites for hydroxylation is 1. The lowest BCUT2D eigenvalue weighted by molar-refractivity contribution is 0.662. The molecule has 1 aliphatic rings. The molecule has 0 bridgehead atoms. The molecule has 0 aliphatic heterocycles. The molecule has 1 aromatic carbocycles. The Morgan fingerprint density at radius 3 is 2.63 bits per heavy atom. The summed E-state index contributed by atoms with van der Waals surface area (Å²) in [6.07, 6.45) is 3.95. The third-order valence-electron chi connectivity index (χ3n) is 3.79. The molecule has 19 heavy (non-hydrogen) atoms. The summed E-state index contributed by atoms with van der Waals surface area (Å²) in [6, 6.07) is 11.0. The van der Waals surface area contributed by atoms with Gasteiger partial charge in [0.25, 0.3) is 0 Å². The van der Waals surface area contributed by atoms with Gasteiger partial charge in [-0.2, -0.15) is 5.26 Å². The topological polar surface area (TPSA) is 36.7 Å². The number of rotatable bonds is 4. The monoisotopic (exact) mass is 268 g/mol. The first-order valence-corrected chi connectivity index (χ1v) is 7.58. The maximum atomic E-state index is 9.13. The van der Waals surface area contributed by atoms with E-state index in [1.54, 1.807) is 11.3 Å². The van der Waals surface area contributed by atoms with E-state index in [4.69, 9.17) is 5.26 Å². The van der Waals surface area contributed by atoms with Crippen LogP contribution in [0.15, 0.2) is 29.6 Å². The molecule has 0 unspecified atom stereocenters. The predicted molar refractivity (Wildman–Crippen MR) is 77.9 cm³/mol. The van der Waals surface area contributed by atoms with E-state index in [1.807, 2.05) is 0 Å². The van der Waals surface area contributed by atoms with Crippen LogP contribution >= 0.6 is 11.3 Å².